The quantitative estimate of drug-likeness (QED) is 0.113. The van der Waals surface area contributed by atoms with Gasteiger partial charge in [-0.1, -0.05) is 64.4 Å². The molecule has 3 amide bonds. The van der Waals surface area contributed by atoms with E-state index in [1.165, 1.54) is 37.2 Å². The Bertz CT molecular complexity index is 2430. The first-order chi connectivity index (χ1) is 29.0. The molecule has 0 spiro atoms. The molecular weight excluding hydrogens is 801 g/mol. The van der Waals surface area contributed by atoms with Crippen LogP contribution in [0, 0.1) is 11.8 Å². The van der Waals surface area contributed by atoms with E-state index >= 15 is 0 Å². The molecule has 60 heavy (non-hydrogen) atoms. The topological polar surface area (TPSA) is 249 Å². The predicted molar refractivity (Wildman–Crippen MR) is 212 cm³/mol. The highest BCUT2D eigenvalue weighted by atomic mass is 32.1. The summed E-state index contributed by atoms with van der Waals surface area (Å²) < 4.78 is 39.2. The third kappa shape index (κ3) is 9.35. The van der Waals surface area contributed by atoms with Gasteiger partial charge in [-0.2, -0.15) is 0 Å². The van der Waals surface area contributed by atoms with Crippen LogP contribution in [0.15, 0.2) is 72.2 Å². The average molecular weight is 843 g/mol. The number of nitrogens with zero attached hydrogens (tertiary/aromatic N) is 5. The smallest absolute Gasteiger partial charge is 0.332 e. The number of carbonyl (C=O) groups excluding carboxylic acids is 4. The number of ether oxygens (including phenoxy) is 3. The maximum absolute atomic E-state index is 14.2. The number of amides is 3. The van der Waals surface area contributed by atoms with Crippen molar-refractivity contribution in [1.29, 1.82) is 0 Å². The van der Waals surface area contributed by atoms with Gasteiger partial charge in [0.1, 0.15) is 66.5 Å². The molecule has 4 atom stereocenters. The molecule has 0 saturated carbocycles. The molecule has 6 heterocycles. The highest BCUT2D eigenvalue weighted by Crippen LogP contribution is 2.34. The minimum absolute atomic E-state index is 0.00743. The number of esters is 1. The molecule has 0 radical (unpaired) electrons. The number of hydrogen-bond acceptors (Lipinski definition) is 17. The fraction of sp³-hybridized carbons (Fsp3) is 0.375. The number of carbonyl (C=O) groups is 4. The highest BCUT2D eigenvalue weighted by molar-refractivity contribution is 7.13. The molecule has 0 fully saturated rings. The largest absolute Gasteiger partial charge is 0.461 e. The van der Waals surface area contributed by atoms with Gasteiger partial charge in [-0.3, -0.25) is 14.4 Å². The second-order valence-electron chi connectivity index (χ2n) is 14.1. The summed E-state index contributed by atoms with van der Waals surface area (Å²) in [5, 5.41) is 10.7. The van der Waals surface area contributed by atoms with E-state index in [2.05, 4.69) is 40.9 Å². The summed E-state index contributed by atoms with van der Waals surface area (Å²) in [7, 11) is 1.50. The van der Waals surface area contributed by atoms with E-state index in [1.54, 1.807) is 50.4 Å². The molecule has 1 unspecified atom stereocenters. The van der Waals surface area contributed by atoms with E-state index in [-0.39, 0.29) is 66.2 Å². The molecule has 1 aromatic carbocycles. The molecule has 3 N–H and O–H groups in total. The Labute approximate surface area is 346 Å². The van der Waals surface area contributed by atoms with Crippen LogP contribution in [0.25, 0.3) is 56.8 Å². The first-order valence-electron chi connectivity index (χ1n) is 19.1. The van der Waals surface area contributed by atoms with Gasteiger partial charge in [0.2, 0.25) is 35.4 Å². The first-order valence-corrected chi connectivity index (χ1v) is 19.9. The number of hydrogen-bond donors (Lipinski definition) is 3. The van der Waals surface area contributed by atoms with Gasteiger partial charge in [0.25, 0.3) is 5.91 Å². The highest BCUT2D eigenvalue weighted by Gasteiger charge is 2.35. The van der Waals surface area contributed by atoms with Crippen molar-refractivity contribution in [2.45, 2.75) is 52.2 Å². The lowest BCUT2D eigenvalue weighted by atomic mass is 9.96. The van der Waals surface area contributed by atoms with E-state index in [0.717, 1.165) is 0 Å². The Morgan fingerprint density at radius 2 is 1.50 bits per heavy atom. The number of methoxy groups -OCH3 is 1. The van der Waals surface area contributed by atoms with Gasteiger partial charge in [-0.05, 0) is 11.8 Å². The molecule has 5 aromatic heterocycles. The van der Waals surface area contributed by atoms with Crippen LogP contribution in [0.2, 0.25) is 0 Å². The molecule has 20 heteroatoms. The van der Waals surface area contributed by atoms with Crippen molar-refractivity contribution in [3.63, 3.8) is 0 Å². The Kier molecular flexibility index (Phi) is 12.9. The zero-order chi connectivity index (χ0) is 42.3. The molecule has 0 saturated heterocycles. The van der Waals surface area contributed by atoms with Crippen LogP contribution in [0.4, 0.5) is 0 Å². The second kappa shape index (κ2) is 18.6. The molecule has 19 nitrogen and oxygen atoms in total. The number of aromatic nitrogens is 5. The summed E-state index contributed by atoms with van der Waals surface area (Å²) in [4.78, 5) is 77.8. The van der Waals surface area contributed by atoms with Gasteiger partial charge in [-0.15, -0.1) is 11.3 Å². The lowest BCUT2D eigenvalue weighted by Gasteiger charge is -2.28. The maximum atomic E-state index is 14.2. The van der Waals surface area contributed by atoms with Crippen LogP contribution < -0.4 is 16.0 Å². The molecule has 7 rings (SSSR count). The molecule has 1 aliphatic heterocycles. The first kappa shape index (κ1) is 41.6. The van der Waals surface area contributed by atoms with Crippen molar-refractivity contribution < 1.29 is 51.1 Å². The van der Waals surface area contributed by atoms with E-state index in [4.69, 9.17) is 31.9 Å². The normalized spacial score (nSPS) is 17.7. The van der Waals surface area contributed by atoms with E-state index in [0.29, 0.717) is 28.4 Å². The van der Waals surface area contributed by atoms with Gasteiger partial charge < -0.3 is 47.8 Å². The van der Waals surface area contributed by atoms with Crippen LogP contribution in [0.1, 0.15) is 56.5 Å². The molecular formula is C40H42N8O11S. The number of nitrogens with one attached hydrogen (secondary N) is 3. The number of rotatable bonds is 11. The number of thiazole rings is 1. The number of benzene rings is 1. The van der Waals surface area contributed by atoms with Gasteiger partial charge in [-0.25, -0.2) is 29.7 Å². The second-order valence-corrected chi connectivity index (χ2v) is 15.0. The van der Waals surface area contributed by atoms with Crippen LogP contribution in [0.5, 0.6) is 0 Å². The summed E-state index contributed by atoms with van der Waals surface area (Å²) >= 11 is 1.26. The Balaban J connectivity index is 1.27. The van der Waals surface area contributed by atoms with Crippen LogP contribution in [-0.4, -0.2) is 94.2 Å². The molecule has 10 bridgehead atoms. The van der Waals surface area contributed by atoms with Gasteiger partial charge in [0, 0.05) is 18.1 Å². The maximum Gasteiger partial charge on any atom is 0.332 e. The molecule has 1 aliphatic rings. The van der Waals surface area contributed by atoms with Crippen molar-refractivity contribution in [3.8, 4) is 56.8 Å². The third-order valence-corrected chi connectivity index (χ3v) is 10.4. The lowest BCUT2D eigenvalue weighted by molar-refractivity contribution is -0.151. The van der Waals surface area contributed by atoms with Gasteiger partial charge in [0.05, 0.1) is 13.2 Å². The Morgan fingerprint density at radius 1 is 0.800 bits per heavy atom. The van der Waals surface area contributed by atoms with Crippen molar-refractivity contribution in [1.82, 2.24) is 40.9 Å². The van der Waals surface area contributed by atoms with Crippen molar-refractivity contribution in [2.24, 2.45) is 11.8 Å². The average Bonchev–Trinajstić information content (AvgIpc) is 4.10. The summed E-state index contributed by atoms with van der Waals surface area (Å²) in [5.74, 6) is -3.20. The van der Waals surface area contributed by atoms with Gasteiger partial charge in [0.15, 0.2) is 22.8 Å². The number of oxazole rings is 4. The lowest BCUT2D eigenvalue weighted by Crippen LogP contribution is -2.57. The standard InChI is InChI=1S/C40H42N8O11S/c1-6-21(4)30-34(51)46-29(20(2)3)33(50)41-23(14-55-28(49)18-54-13-12-53-5)36-42-24(15-56-36)37-44-26(17-58-37)40-45-27(19-60-40)38-43-25(16-57-38)39-48-31(35(52)47-30)32(59-39)22-10-8-7-9-11-22/h7-11,15-17,19-21,23,29-30H,6,12-14,18H2,1-5H3,(H,41,50)(H,46,51)(H,47,52)/t21-,23?,29+,30+/m0/s1. The van der Waals surface area contributed by atoms with Crippen LogP contribution in [-0.2, 0) is 28.6 Å². The minimum atomic E-state index is -1.14. The summed E-state index contributed by atoms with van der Waals surface area (Å²) in [6, 6.07) is 5.52. The number of fused-ring (bicyclic) bond motifs is 14. The fourth-order valence-electron chi connectivity index (χ4n) is 6.02. The monoisotopic (exact) mass is 842 g/mol. The summed E-state index contributed by atoms with van der Waals surface area (Å²) in [6.45, 7) is 6.83. The van der Waals surface area contributed by atoms with E-state index < -0.39 is 60.3 Å². The molecule has 0 aliphatic carbocycles. The fourth-order valence-corrected chi connectivity index (χ4v) is 6.77. The zero-order valence-electron chi connectivity index (χ0n) is 33.3. The van der Waals surface area contributed by atoms with E-state index in [1.807, 2.05) is 13.0 Å². The Morgan fingerprint density at radius 3 is 2.25 bits per heavy atom. The van der Waals surface area contributed by atoms with Crippen molar-refractivity contribution in [2.75, 3.05) is 33.5 Å². The van der Waals surface area contributed by atoms with Crippen molar-refractivity contribution >= 4 is 35.0 Å². The van der Waals surface area contributed by atoms with Crippen molar-refractivity contribution in [3.05, 3.63) is 66.1 Å². The molecule has 314 valence electrons. The van der Waals surface area contributed by atoms with Crippen LogP contribution >= 0.6 is 11.3 Å². The van der Waals surface area contributed by atoms with Crippen LogP contribution in [0.3, 0.4) is 0 Å². The van der Waals surface area contributed by atoms with E-state index in [9.17, 15) is 19.2 Å². The zero-order valence-corrected chi connectivity index (χ0v) is 34.1. The minimum Gasteiger partial charge on any atom is -0.461 e. The summed E-state index contributed by atoms with van der Waals surface area (Å²) in [6.07, 6.45) is 4.51. The molecule has 6 aromatic rings. The van der Waals surface area contributed by atoms with Gasteiger partial charge >= 0.3 is 5.97 Å². The summed E-state index contributed by atoms with van der Waals surface area (Å²) in [5.41, 5.74) is 1.59. The third-order valence-electron chi connectivity index (χ3n) is 9.50. The SMILES string of the molecule is CC[C@H](C)[C@H]1NC(=O)c2nc(oc2-c2ccccc2)-c2coc(n2)-c2csc(n2)-c2coc(n2)-c2coc(n2)C(COC(=O)COCCOC)NC(=O)[C@@H](C(C)C)NC1=O. The Hall–Kier alpha value is -6.51. The predicted octanol–water partition coefficient (Wildman–Crippen LogP) is 5.09.